The number of aryl methyl sites for hydroxylation is 1. The van der Waals surface area contributed by atoms with E-state index in [4.69, 9.17) is 0 Å². The highest BCUT2D eigenvalue weighted by molar-refractivity contribution is 9.10. The molecule has 0 bridgehead atoms. The number of rotatable bonds is 2. The average molecular weight is 359 g/mol. The van der Waals surface area contributed by atoms with Gasteiger partial charge >= 0.3 is 6.18 Å². The SMILES string of the molecule is Cc1cccc(NC(=O)c2ccc(Br)c(C(F)(F)F)c2)n1. The van der Waals surface area contributed by atoms with Crippen LogP contribution in [0.4, 0.5) is 19.0 Å². The van der Waals surface area contributed by atoms with Crippen LogP contribution < -0.4 is 5.32 Å². The third-order valence-electron chi connectivity index (χ3n) is 2.66. The fraction of sp³-hybridized carbons (Fsp3) is 0.143. The van der Waals surface area contributed by atoms with Gasteiger partial charge in [0.05, 0.1) is 5.56 Å². The van der Waals surface area contributed by atoms with Gasteiger partial charge in [-0.05, 0) is 37.3 Å². The number of carbonyl (C=O) groups excluding carboxylic acids is 1. The van der Waals surface area contributed by atoms with Crippen molar-refractivity contribution in [3.05, 3.63) is 57.7 Å². The number of carbonyl (C=O) groups is 1. The van der Waals surface area contributed by atoms with E-state index in [1.807, 2.05) is 0 Å². The molecular formula is C14H10BrF3N2O. The zero-order valence-electron chi connectivity index (χ0n) is 10.8. The van der Waals surface area contributed by atoms with Crippen LogP contribution in [0.15, 0.2) is 40.9 Å². The van der Waals surface area contributed by atoms with Gasteiger partial charge in [-0.25, -0.2) is 4.98 Å². The monoisotopic (exact) mass is 358 g/mol. The van der Waals surface area contributed by atoms with E-state index in [2.05, 4.69) is 26.2 Å². The van der Waals surface area contributed by atoms with Crippen LogP contribution in [-0.2, 0) is 6.18 Å². The van der Waals surface area contributed by atoms with E-state index in [-0.39, 0.29) is 15.9 Å². The molecule has 0 aliphatic heterocycles. The first-order chi connectivity index (χ1) is 9.77. The van der Waals surface area contributed by atoms with Crippen molar-refractivity contribution in [2.45, 2.75) is 13.1 Å². The van der Waals surface area contributed by atoms with Crippen LogP contribution in [-0.4, -0.2) is 10.9 Å². The van der Waals surface area contributed by atoms with Gasteiger partial charge in [0.1, 0.15) is 5.82 Å². The van der Waals surface area contributed by atoms with Crippen LogP contribution in [0.3, 0.4) is 0 Å². The molecule has 3 nitrogen and oxygen atoms in total. The lowest BCUT2D eigenvalue weighted by Crippen LogP contribution is -2.15. The van der Waals surface area contributed by atoms with Gasteiger partial charge < -0.3 is 5.32 Å². The van der Waals surface area contributed by atoms with Gasteiger partial charge in [0.2, 0.25) is 0 Å². The minimum atomic E-state index is -4.53. The Morgan fingerprint density at radius 3 is 2.57 bits per heavy atom. The molecule has 1 heterocycles. The molecule has 0 aliphatic carbocycles. The Morgan fingerprint density at radius 1 is 1.24 bits per heavy atom. The van der Waals surface area contributed by atoms with Crippen molar-refractivity contribution in [2.24, 2.45) is 0 Å². The van der Waals surface area contributed by atoms with Crippen molar-refractivity contribution in [1.29, 1.82) is 0 Å². The molecule has 1 N–H and O–H groups in total. The zero-order valence-corrected chi connectivity index (χ0v) is 12.4. The average Bonchev–Trinajstić information content (AvgIpc) is 2.37. The maximum Gasteiger partial charge on any atom is 0.417 e. The van der Waals surface area contributed by atoms with Crippen LogP contribution in [0.25, 0.3) is 0 Å². The summed E-state index contributed by atoms with van der Waals surface area (Å²) in [5.74, 6) is -0.359. The number of nitrogens with zero attached hydrogens (tertiary/aromatic N) is 1. The summed E-state index contributed by atoms with van der Waals surface area (Å²) < 4.78 is 38.3. The maximum atomic E-state index is 12.8. The molecule has 1 aromatic carbocycles. The third kappa shape index (κ3) is 3.81. The highest BCUT2D eigenvalue weighted by atomic mass is 79.9. The summed E-state index contributed by atoms with van der Waals surface area (Å²) in [6.45, 7) is 1.75. The van der Waals surface area contributed by atoms with Gasteiger partial charge in [0, 0.05) is 15.7 Å². The Hall–Kier alpha value is -1.89. The Bertz CT molecular complexity index is 686. The Balaban J connectivity index is 2.28. The third-order valence-corrected chi connectivity index (χ3v) is 3.36. The van der Waals surface area contributed by atoms with E-state index >= 15 is 0 Å². The van der Waals surface area contributed by atoms with E-state index in [1.54, 1.807) is 25.1 Å². The lowest BCUT2D eigenvalue weighted by Gasteiger charge is -2.11. The number of hydrogen-bond acceptors (Lipinski definition) is 2. The molecule has 7 heteroatoms. The Morgan fingerprint density at radius 2 is 1.95 bits per heavy atom. The normalized spacial score (nSPS) is 11.3. The fourth-order valence-electron chi connectivity index (χ4n) is 1.68. The number of nitrogens with one attached hydrogen (secondary N) is 1. The van der Waals surface area contributed by atoms with E-state index in [9.17, 15) is 18.0 Å². The number of aromatic nitrogens is 1. The summed E-state index contributed by atoms with van der Waals surface area (Å²) in [5, 5.41) is 2.46. The van der Waals surface area contributed by atoms with Crippen molar-refractivity contribution in [2.75, 3.05) is 5.32 Å². The van der Waals surface area contributed by atoms with Crippen molar-refractivity contribution < 1.29 is 18.0 Å². The first-order valence-electron chi connectivity index (χ1n) is 5.89. The summed E-state index contributed by atoms with van der Waals surface area (Å²) in [4.78, 5) is 16.0. The molecule has 0 radical (unpaired) electrons. The molecule has 110 valence electrons. The van der Waals surface area contributed by atoms with E-state index in [0.29, 0.717) is 5.69 Å². The number of pyridine rings is 1. The summed E-state index contributed by atoms with van der Waals surface area (Å²) in [5.41, 5.74) is -0.291. The molecule has 0 saturated carbocycles. The number of hydrogen-bond donors (Lipinski definition) is 1. The number of benzene rings is 1. The van der Waals surface area contributed by atoms with Crippen molar-refractivity contribution >= 4 is 27.7 Å². The van der Waals surface area contributed by atoms with Crippen LogP contribution in [0.5, 0.6) is 0 Å². The molecule has 0 fully saturated rings. The first-order valence-corrected chi connectivity index (χ1v) is 6.68. The summed E-state index contributed by atoms with van der Waals surface area (Å²) in [6.07, 6.45) is -4.53. The fourth-order valence-corrected chi connectivity index (χ4v) is 2.16. The molecule has 1 amide bonds. The predicted molar refractivity (Wildman–Crippen MR) is 76.1 cm³/mol. The van der Waals surface area contributed by atoms with Crippen molar-refractivity contribution in [3.63, 3.8) is 0 Å². The maximum absolute atomic E-state index is 12.8. The van der Waals surface area contributed by atoms with Crippen LogP contribution in [0.1, 0.15) is 21.6 Å². The second-order valence-corrected chi connectivity index (χ2v) is 5.17. The topological polar surface area (TPSA) is 42.0 Å². The van der Waals surface area contributed by atoms with Gasteiger partial charge in [0.15, 0.2) is 0 Å². The highest BCUT2D eigenvalue weighted by Gasteiger charge is 2.33. The molecule has 1 aromatic heterocycles. The number of alkyl halides is 3. The molecule has 0 unspecified atom stereocenters. The molecule has 21 heavy (non-hydrogen) atoms. The van der Waals surface area contributed by atoms with Crippen LogP contribution >= 0.6 is 15.9 Å². The van der Waals surface area contributed by atoms with Gasteiger partial charge in [-0.3, -0.25) is 4.79 Å². The molecule has 2 rings (SSSR count). The van der Waals surface area contributed by atoms with Gasteiger partial charge in [0.25, 0.3) is 5.91 Å². The summed E-state index contributed by atoms with van der Waals surface area (Å²) in [6, 6.07) is 8.31. The number of amides is 1. The molecule has 0 saturated heterocycles. The molecule has 0 spiro atoms. The summed E-state index contributed by atoms with van der Waals surface area (Å²) >= 11 is 2.83. The molecular weight excluding hydrogens is 349 g/mol. The molecule has 2 aromatic rings. The predicted octanol–water partition coefficient (Wildman–Crippen LogP) is 4.42. The van der Waals surface area contributed by atoms with E-state index < -0.39 is 17.6 Å². The second kappa shape index (κ2) is 5.85. The standard InChI is InChI=1S/C14H10BrF3N2O/c1-8-3-2-4-12(19-8)20-13(21)9-5-6-11(15)10(7-9)14(16,17)18/h2-7H,1H3,(H,19,20,21). The minimum Gasteiger partial charge on any atom is -0.307 e. The number of halogens is 4. The Kier molecular flexibility index (Phi) is 4.32. The zero-order chi connectivity index (χ0) is 15.6. The quantitative estimate of drug-likeness (QED) is 0.862. The molecule has 0 aliphatic rings. The molecule has 0 atom stereocenters. The lowest BCUT2D eigenvalue weighted by molar-refractivity contribution is -0.138. The minimum absolute atomic E-state index is 0.0890. The van der Waals surface area contributed by atoms with Gasteiger partial charge in [-0.15, -0.1) is 0 Å². The largest absolute Gasteiger partial charge is 0.417 e. The Labute approximate surface area is 127 Å². The number of anilines is 1. The van der Waals surface area contributed by atoms with Crippen molar-refractivity contribution in [1.82, 2.24) is 4.98 Å². The smallest absolute Gasteiger partial charge is 0.307 e. The van der Waals surface area contributed by atoms with Gasteiger partial charge in [-0.2, -0.15) is 13.2 Å². The second-order valence-electron chi connectivity index (χ2n) is 4.31. The van der Waals surface area contributed by atoms with Crippen LogP contribution in [0, 0.1) is 6.92 Å². The van der Waals surface area contributed by atoms with Gasteiger partial charge in [-0.1, -0.05) is 22.0 Å². The summed E-state index contributed by atoms with van der Waals surface area (Å²) in [7, 11) is 0. The van der Waals surface area contributed by atoms with Crippen LogP contribution in [0.2, 0.25) is 0 Å². The lowest BCUT2D eigenvalue weighted by atomic mass is 10.1. The van der Waals surface area contributed by atoms with E-state index in [0.717, 1.165) is 6.07 Å². The van der Waals surface area contributed by atoms with E-state index in [1.165, 1.54) is 12.1 Å². The highest BCUT2D eigenvalue weighted by Crippen LogP contribution is 2.35. The van der Waals surface area contributed by atoms with Crippen molar-refractivity contribution in [3.8, 4) is 0 Å². The first kappa shape index (κ1) is 15.5.